The van der Waals surface area contributed by atoms with Gasteiger partial charge in [0.2, 0.25) is 0 Å². The lowest BCUT2D eigenvalue weighted by Gasteiger charge is -2.42. The number of nitrogens with two attached hydrogens (primary N) is 1. The summed E-state index contributed by atoms with van der Waals surface area (Å²) in [6.45, 7) is 7.50. The molecule has 1 aromatic rings. The third-order valence-corrected chi connectivity index (χ3v) is 7.47. The average molecular weight is 429 g/mol. The van der Waals surface area contributed by atoms with Crippen molar-refractivity contribution in [2.24, 2.45) is 10.7 Å². The maximum Gasteiger partial charge on any atom is 0.137 e. The molecule has 162 valence electrons. The summed E-state index contributed by atoms with van der Waals surface area (Å²) in [7, 11) is 0. The van der Waals surface area contributed by atoms with Gasteiger partial charge in [0.05, 0.1) is 30.3 Å². The lowest BCUT2D eigenvalue weighted by molar-refractivity contribution is 0.0467. The number of amidine groups is 1. The molecule has 1 saturated heterocycles. The molecule has 2 atom stereocenters. The second-order valence-corrected chi connectivity index (χ2v) is 9.70. The highest BCUT2D eigenvalue weighted by atomic mass is 32.2. The van der Waals surface area contributed by atoms with Gasteiger partial charge in [0.25, 0.3) is 0 Å². The SMILES string of the molecule is CC12CC=CC=C1N=C(N1CCN(CCOCCO)C(CN)C1)c1ccccc1S2. The van der Waals surface area contributed by atoms with Gasteiger partial charge in [-0.05, 0) is 25.5 Å². The van der Waals surface area contributed by atoms with Gasteiger partial charge < -0.3 is 20.5 Å². The van der Waals surface area contributed by atoms with Crippen LogP contribution in [0.3, 0.4) is 0 Å². The fourth-order valence-electron chi connectivity index (χ4n) is 4.33. The molecule has 0 bridgehead atoms. The maximum absolute atomic E-state index is 8.90. The molecule has 2 unspecified atom stereocenters. The monoisotopic (exact) mass is 428 g/mol. The van der Waals surface area contributed by atoms with E-state index >= 15 is 0 Å². The smallest absolute Gasteiger partial charge is 0.137 e. The van der Waals surface area contributed by atoms with Crippen molar-refractivity contribution in [3.05, 3.63) is 53.8 Å². The predicted octanol–water partition coefficient (Wildman–Crippen LogP) is 2.10. The number of hydrogen-bond acceptors (Lipinski definition) is 7. The quantitative estimate of drug-likeness (QED) is 0.676. The molecule has 2 heterocycles. The van der Waals surface area contributed by atoms with Gasteiger partial charge in [0.1, 0.15) is 5.84 Å². The Bertz CT molecular complexity index is 840. The highest BCUT2D eigenvalue weighted by Crippen LogP contribution is 2.47. The second-order valence-electron chi connectivity index (χ2n) is 8.16. The van der Waals surface area contributed by atoms with Crippen molar-refractivity contribution in [1.29, 1.82) is 0 Å². The fraction of sp³-hybridized carbons (Fsp3) is 0.522. The first-order valence-corrected chi connectivity index (χ1v) is 11.6. The summed E-state index contributed by atoms with van der Waals surface area (Å²) in [5.41, 5.74) is 8.52. The van der Waals surface area contributed by atoms with Crippen LogP contribution in [0.25, 0.3) is 0 Å². The molecule has 0 spiro atoms. The molecule has 4 rings (SSSR count). The van der Waals surface area contributed by atoms with Crippen LogP contribution in [-0.2, 0) is 4.74 Å². The number of allylic oxidation sites excluding steroid dienone is 3. The van der Waals surface area contributed by atoms with E-state index in [1.807, 2.05) is 11.8 Å². The lowest BCUT2D eigenvalue weighted by Crippen LogP contribution is -2.58. The largest absolute Gasteiger partial charge is 0.394 e. The van der Waals surface area contributed by atoms with Gasteiger partial charge in [0.15, 0.2) is 0 Å². The number of fused-ring (bicyclic) bond motifs is 2. The van der Waals surface area contributed by atoms with E-state index in [2.05, 4.69) is 59.2 Å². The zero-order valence-corrected chi connectivity index (χ0v) is 18.5. The number of piperazine rings is 1. The minimum atomic E-state index is -0.0360. The Morgan fingerprint density at radius 1 is 1.30 bits per heavy atom. The Morgan fingerprint density at radius 3 is 3.00 bits per heavy atom. The van der Waals surface area contributed by atoms with Crippen LogP contribution in [0.5, 0.6) is 0 Å². The van der Waals surface area contributed by atoms with Gasteiger partial charge in [-0.15, -0.1) is 11.8 Å². The lowest BCUT2D eigenvalue weighted by atomic mass is 9.98. The molecule has 3 aliphatic rings. The van der Waals surface area contributed by atoms with Crippen LogP contribution in [-0.4, -0.2) is 84.1 Å². The van der Waals surface area contributed by atoms with E-state index in [4.69, 9.17) is 20.6 Å². The second kappa shape index (κ2) is 9.66. The standard InChI is InChI=1S/C23H32N4O2S/c1-23-9-5-4-8-21(23)25-22(19-6-2-3-7-20(19)30-23)27-11-10-26(18(16-24)17-27)12-14-29-15-13-28/h2-8,18,28H,9-17,24H2,1H3. The molecule has 7 heteroatoms. The molecule has 2 aliphatic heterocycles. The first kappa shape index (κ1) is 21.6. The van der Waals surface area contributed by atoms with E-state index in [9.17, 15) is 0 Å². The number of aliphatic imine (C=N–C) groups is 1. The summed E-state index contributed by atoms with van der Waals surface area (Å²) >= 11 is 1.92. The maximum atomic E-state index is 8.90. The first-order chi connectivity index (χ1) is 14.6. The number of nitrogens with zero attached hydrogens (tertiary/aromatic N) is 3. The zero-order valence-electron chi connectivity index (χ0n) is 17.7. The number of ether oxygens (including phenoxy) is 1. The molecule has 30 heavy (non-hydrogen) atoms. The van der Waals surface area contributed by atoms with E-state index in [1.165, 1.54) is 10.5 Å². The Morgan fingerprint density at radius 2 is 2.17 bits per heavy atom. The highest BCUT2D eigenvalue weighted by Gasteiger charge is 2.37. The molecule has 0 aromatic heterocycles. The van der Waals surface area contributed by atoms with E-state index < -0.39 is 0 Å². The fourth-order valence-corrected chi connectivity index (χ4v) is 5.63. The van der Waals surface area contributed by atoms with E-state index in [1.54, 1.807) is 0 Å². The Kier molecular flexibility index (Phi) is 6.95. The van der Waals surface area contributed by atoms with Gasteiger partial charge in [-0.2, -0.15) is 0 Å². The van der Waals surface area contributed by atoms with Crippen LogP contribution >= 0.6 is 11.8 Å². The van der Waals surface area contributed by atoms with Crippen LogP contribution < -0.4 is 5.73 Å². The van der Waals surface area contributed by atoms with Gasteiger partial charge in [-0.1, -0.05) is 30.4 Å². The van der Waals surface area contributed by atoms with Crippen molar-refractivity contribution in [1.82, 2.24) is 9.80 Å². The molecule has 3 N–H and O–H groups in total. The molecule has 1 aliphatic carbocycles. The predicted molar refractivity (Wildman–Crippen MR) is 123 cm³/mol. The van der Waals surface area contributed by atoms with E-state index in [-0.39, 0.29) is 17.4 Å². The van der Waals surface area contributed by atoms with Gasteiger partial charge >= 0.3 is 0 Å². The van der Waals surface area contributed by atoms with Crippen molar-refractivity contribution < 1.29 is 9.84 Å². The minimum Gasteiger partial charge on any atom is -0.394 e. The van der Waals surface area contributed by atoms with Crippen LogP contribution in [0.1, 0.15) is 18.9 Å². The Labute approximate surface area is 183 Å². The zero-order chi connectivity index (χ0) is 21.0. The number of hydrogen-bond donors (Lipinski definition) is 2. The summed E-state index contributed by atoms with van der Waals surface area (Å²) in [5, 5.41) is 8.90. The number of benzene rings is 1. The molecule has 0 amide bonds. The van der Waals surface area contributed by atoms with Gasteiger partial charge in [-0.25, -0.2) is 4.99 Å². The third-order valence-electron chi connectivity index (χ3n) is 6.06. The topological polar surface area (TPSA) is 74.3 Å². The van der Waals surface area contributed by atoms with Gasteiger partial charge in [-0.3, -0.25) is 4.90 Å². The molecule has 0 saturated carbocycles. The number of aliphatic hydroxyl groups excluding tert-OH is 1. The summed E-state index contributed by atoms with van der Waals surface area (Å²) in [6, 6.07) is 8.90. The Balaban J connectivity index is 1.58. The minimum absolute atomic E-state index is 0.0360. The Hall–Kier alpha value is -1.64. The normalized spacial score (nSPS) is 26.5. The summed E-state index contributed by atoms with van der Waals surface area (Å²) in [6.07, 6.45) is 7.52. The van der Waals surface area contributed by atoms with Crippen molar-refractivity contribution in [2.75, 3.05) is 52.5 Å². The van der Waals surface area contributed by atoms with Crippen molar-refractivity contribution in [2.45, 2.75) is 29.0 Å². The number of thioether (sulfide) groups is 1. The number of aliphatic hydroxyl groups is 1. The van der Waals surface area contributed by atoms with E-state index in [0.29, 0.717) is 19.8 Å². The van der Waals surface area contributed by atoms with Crippen LogP contribution in [0.2, 0.25) is 0 Å². The van der Waals surface area contributed by atoms with Crippen molar-refractivity contribution in [3.8, 4) is 0 Å². The number of rotatable bonds is 6. The summed E-state index contributed by atoms with van der Waals surface area (Å²) in [4.78, 5) is 11.3. The van der Waals surface area contributed by atoms with Crippen LogP contribution in [0.4, 0.5) is 0 Å². The van der Waals surface area contributed by atoms with Crippen LogP contribution in [0.15, 0.2) is 58.1 Å². The molecule has 6 nitrogen and oxygen atoms in total. The first-order valence-electron chi connectivity index (χ1n) is 10.8. The average Bonchev–Trinajstić information content (AvgIpc) is 2.90. The summed E-state index contributed by atoms with van der Waals surface area (Å²) < 4.78 is 5.43. The molecular formula is C23H32N4O2S. The molecule has 1 fully saturated rings. The third kappa shape index (κ3) is 4.50. The van der Waals surface area contributed by atoms with Crippen molar-refractivity contribution >= 4 is 17.6 Å². The summed E-state index contributed by atoms with van der Waals surface area (Å²) in [5.74, 6) is 1.07. The highest BCUT2D eigenvalue weighted by molar-refractivity contribution is 8.01. The molecular weight excluding hydrogens is 396 g/mol. The van der Waals surface area contributed by atoms with Crippen LogP contribution in [0, 0.1) is 0 Å². The molecule has 1 aromatic carbocycles. The van der Waals surface area contributed by atoms with Crippen molar-refractivity contribution in [3.63, 3.8) is 0 Å². The van der Waals surface area contributed by atoms with E-state index in [0.717, 1.165) is 44.1 Å². The molecule has 0 radical (unpaired) electrons. The van der Waals surface area contributed by atoms with Gasteiger partial charge in [0, 0.05) is 49.2 Å².